The van der Waals surface area contributed by atoms with E-state index in [1.54, 1.807) is 50.2 Å². The molecule has 0 saturated carbocycles. The topological polar surface area (TPSA) is 113 Å². The molecular formula is C23H25N3O6S. The number of para-hydroxylation sites is 2. The molecular weight excluding hydrogens is 446 g/mol. The van der Waals surface area contributed by atoms with Crippen molar-refractivity contribution in [2.45, 2.75) is 18.7 Å². The van der Waals surface area contributed by atoms with E-state index in [0.717, 1.165) is 6.08 Å². The van der Waals surface area contributed by atoms with E-state index in [1.165, 1.54) is 27.4 Å². The van der Waals surface area contributed by atoms with Crippen molar-refractivity contribution >= 4 is 45.3 Å². The normalized spacial score (nSPS) is 13.7. The number of rotatable bonds is 8. The van der Waals surface area contributed by atoms with Crippen LogP contribution in [0.25, 0.3) is 6.08 Å². The second kappa shape index (κ2) is 10.4. The third-order valence-electron chi connectivity index (χ3n) is 5.04. The molecule has 0 spiro atoms. The second-order valence-electron chi connectivity index (χ2n) is 7.14. The number of fused-ring (bicyclic) bond motifs is 1. The molecule has 0 unspecified atom stereocenters. The van der Waals surface area contributed by atoms with Gasteiger partial charge >= 0.3 is 5.97 Å². The first-order chi connectivity index (χ1) is 15.8. The zero-order valence-electron chi connectivity index (χ0n) is 18.4. The van der Waals surface area contributed by atoms with Crippen molar-refractivity contribution in [2.75, 3.05) is 36.5 Å². The molecule has 0 aromatic heterocycles. The quantitative estimate of drug-likeness (QED) is 0.467. The highest BCUT2D eigenvalue weighted by atomic mass is 32.2. The van der Waals surface area contributed by atoms with Crippen LogP contribution in [0.2, 0.25) is 0 Å². The Morgan fingerprint density at radius 1 is 1.09 bits per heavy atom. The Kier molecular flexibility index (Phi) is 7.62. The van der Waals surface area contributed by atoms with E-state index < -0.39 is 28.5 Å². The highest BCUT2D eigenvalue weighted by Gasteiger charge is 2.27. The van der Waals surface area contributed by atoms with E-state index in [4.69, 9.17) is 4.74 Å². The van der Waals surface area contributed by atoms with Crippen molar-refractivity contribution in [3.63, 3.8) is 0 Å². The van der Waals surface area contributed by atoms with E-state index >= 15 is 0 Å². The van der Waals surface area contributed by atoms with Crippen molar-refractivity contribution in [1.82, 2.24) is 4.31 Å². The smallest absolute Gasteiger partial charge is 0.331 e. The number of nitrogens with zero attached hydrogens (tertiary/aromatic N) is 2. The van der Waals surface area contributed by atoms with Gasteiger partial charge in [-0.05, 0) is 35.9 Å². The van der Waals surface area contributed by atoms with Crippen LogP contribution in [0.1, 0.15) is 19.4 Å². The summed E-state index contributed by atoms with van der Waals surface area (Å²) in [6.07, 6.45) is 2.61. The molecule has 10 heteroatoms. The van der Waals surface area contributed by atoms with Crippen LogP contribution in [0.15, 0.2) is 59.5 Å². The summed E-state index contributed by atoms with van der Waals surface area (Å²) in [5, 5.41) is 2.68. The summed E-state index contributed by atoms with van der Waals surface area (Å²) in [6.45, 7) is 3.61. The number of ether oxygens (including phenoxy) is 1. The number of esters is 1. The first-order valence-corrected chi connectivity index (χ1v) is 11.8. The summed E-state index contributed by atoms with van der Waals surface area (Å²) in [6, 6.07) is 13.0. The fourth-order valence-electron chi connectivity index (χ4n) is 3.34. The number of nitrogens with one attached hydrogen (secondary N) is 1. The molecule has 1 N–H and O–H groups in total. The largest absolute Gasteiger partial charge is 0.452 e. The van der Waals surface area contributed by atoms with E-state index in [0.29, 0.717) is 30.0 Å². The molecule has 2 amide bonds. The molecule has 0 aliphatic carbocycles. The highest BCUT2D eigenvalue weighted by Crippen LogP contribution is 2.28. The van der Waals surface area contributed by atoms with Crippen LogP contribution in [-0.4, -0.2) is 56.7 Å². The molecule has 0 radical (unpaired) electrons. The van der Waals surface area contributed by atoms with Crippen LogP contribution in [0, 0.1) is 0 Å². The Labute approximate surface area is 192 Å². The highest BCUT2D eigenvalue weighted by molar-refractivity contribution is 7.89. The lowest BCUT2D eigenvalue weighted by Crippen LogP contribution is -2.43. The lowest BCUT2D eigenvalue weighted by Gasteiger charge is -2.28. The van der Waals surface area contributed by atoms with Gasteiger partial charge in [-0.25, -0.2) is 13.2 Å². The summed E-state index contributed by atoms with van der Waals surface area (Å²) >= 11 is 0. The van der Waals surface area contributed by atoms with Gasteiger partial charge in [0.1, 0.15) is 6.54 Å². The van der Waals surface area contributed by atoms with Crippen LogP contribution in [0.5, 0.6) is 0 Å². The fraction of sp³-hybridized carbons (Fsp3) is 0.261. The molecule has 0 saturated heterocycles. The van der Waals surface area contributed by atoms with Crippen molar-refractivity contribution in [3.05, 3.63) is 60.2 Å². The number of hydrogen-bond acceptors (Lipinski definition) is 6. The van der Waals surface area contributed by atoms with Crippen LogP contribution in [0.3, 0.4) is 0 Å². The predicted octanol–water partition coefficient (Wildman–Crippen LogP) is 2.26. The zero-order valence-corrected chi connectivity index (χ0v) is 19.2. The van der Waals surface area contributed by atoms with E-state index in [2.05, 4.69) is 5.32 Å². The maximum atomic E-state index is 12.5. The average molecular weight is 472 g/mol. The van der Waals surface area contributed by atoms with Gasteiger partial charge in [-0.2, -0.15) is 4.31 Å². The minimum Gasteiger partial charge on any atom is -0.452 e. The minimum atomic E-state index is -3.56. The number of sulfonamides is 1. The average Bonchev–Trinajstić information content (AvgIpc) is 2.81. The molecule has 2 aromatic rings. The van der Waals surface area contributed by atoms with Crippen molar-refractivity contribution in [1.29, 1.82) is 0 Å². The SMILES string of the molecule is CCN(CC)S(=O)(=O)c1ccc(/C=C/C(=O)OCC(=O)N2CC(=O)Nc3ccccc32)cc1. The van der Waals surface area contributed by atoms with Crippen molar-refractivity contribution in [3.8, 4) is 0 Å². The number of hydrogen-bond donors (Lipinski definition) is 1. The molecule has 174 valence electrons. The van der Waals surface area contributed by atoms with Gasteiger partial charge in [-0.1, -0.05) is 38.1 Å². The zero-order chi connectivity index (χ0) is 24.0. The molecule has 0 atom stereocenters. The Hall–Kier alpha value is -3.50. The maximum Gasteiger partial charge on any atom is 0.331 e. The molecule has 2 aromatic carbocycles. The third-order valence-corrected chi connectivity index (χ3v) is 7.11. The van der Waals surface area contributed by atoms with Gasteiger partial charge in [-0.3, -0.25) is 14.5 Å². The molecule has 9 nitrogen and oxygen atoms in total. The van der Waals surface area contributed by atoms with Crippen molar-refractivity contribution in [2.24, 2.45) is 0 Å². The van der Waals surface area contributed by atoms with Gasteiger partial charge in [0, 0.05) is 19.2 Å². The second-order valence-corrected chi connectivity index (χ2v) is 9.08. The summed E-state index contributed by atoms with van der Waals surface area (Å²) in [7, 11) is -3.56. The molecule has 1 heterocycles. The van der Waals surface area contributed by atoms with E-state index in [1.807, 2.05) is 0 Å². The Bertz CT molecular complexity index is 1170. The third kappa shape index (κ3) is 5.65. The van der Waals surface area contributed by atoms with Crippen LogP contribution in [0.4, 0.5) is 11.4 Å². The number of carbonyl (C=O) groups excluding carboxylic acids is 3. The molecule has 33 heavy (non-hydrogen) atoms. The Morgan fingerprint density at radius 3 is 2.42 bits per heavy atom. The maximum absolute atomic E-state index is 12.5. The first-order valence-electron chi connectivity index (χ1n) is 10.4. The van der Waals surface area contributed by atoms with Gasteiger partial charge < -0.3 is 10.1 Å². The summed E-state index contributed by atoms with van der Waals surface area (Å²) < 4.78 is 31.4. The summed E-state index contributed by atoms with van der Waals surface area (Å²) in [5.74, 6) is -1.59. The lowest BCUT2D eigenvalue weighted by atomic mass is 10.2. The van der Waals surface area contributed by atoms with Gasteiger partial charge in [-0.15, -0.1) is 0 Å². The fourth-order valence-corrected chi connectivity index (χ4v) is 4.80. The number of carbonyl (C=O) groups is 3. The van der Waals surface area contributed by atoms with Crippen LogP contribution in [-0.2, 0) is 29.1 Å². The molecule has 1 aliphatic rings. The number of amides is 2. The first kappa shape index (κ1) is 24.1. The molecule has 0 fully saturated rings. The van der Waals surface area contributed by atoms with Gasteiger partial charge in [0.15, 0.2) is 6.61 Å². The van der Waals surface area contributed by atoms with Gasteiger partial charge in [0.2, 0.25) is 15.9 Å². The summed E-state index contributed by atoms with van der Waals surface area (Å²) in [5.41, 5.74) is 1.65. The summed E-state index contributed by atoms with van der Waals surface area (Å²) in [4.78, 5) is 37.8. The predicted molar refractivity (Wildman–Crippen MR) is 124 cm³/mol. The van der Waals surface area contributed by atoms with Crippen molar-refractivity contribution < 1.29 is 27.5 Å². The van der Waals surface area contributed by atoms with Gasteiger partial charge in [0.05, 0.1) is 16.3 Å². The number of anilines is 2. The molecule has 3 rings (SSSR count). The Morgan fingerprint density at radius 2 is 1.76 bits per heavy atom. The number of benzene rings is 2. The monoisotopic (exact) mass is 471 g/mol. The molecule has 0 bridgehead atoms. The van der Waals surface area contributed by atoms with Crippen LogP contribution < -0.4 is 10.2 Å². The van der Waals surface area contributed by atoms with E-state index in [9.17, 15) is 22.8 Å². The molecule has 1 aliphatic heterocycles. The van der Waals surface area contributed by atoms with E-state index in [-0.39, 0.29) is 17.3 Å². The lowest BCUT2D eigenvalue weighted by molar-refractivity contribution is -0.143. The minimum absolute atomic E-state index is 0.161. The van der Waals surface area contributed by atoms with Crippen LogP contribution >= 0.6 is 0 Å². The standard InChI is InChI=1S/C23H25N3O6S/c1-3-25(4-2)33(30,31)18-12-9-17(10-13-18)11-14-23(29)32-16-22(28)26-15-21(27)24-19-7-5-6-8-20(19)26/h5-14H,3-4,15-16H2,1-2H3,(H,24,27)/b14-11+. The Balaban J connectivity index is 1.59. The van der Waals surface area contributed by atoms with Gasteiger partial charge in [0.25, 0.3) is 5.91 Å².